The van der Waals surface area contributed by atoms with Crippen molar-refractivity contribution in [3.8, 4) is 10.7 Å². The van der Waals surface area contributed by atoms with Gasteiger partial charge in [-0.05, 0) is 24.8 Å². The lowest BCUT2D eigenvalue weighted by Crippen LogP contribution is -2.08. The topological polar surface area (TPSA) is 57.0 Å². The van der Waals surface area contributed by atoms with Crippen LogP contribution in [0, 0.1) is 0 Å². The molecule has 0 aromatic carbocycles. The average molecular weight is 311 g/mol. The van der Waals surface area contributed by atoms with E-state index in [1.54, 1.807) is 18.3 Å². The van der Waals surface area contributed by atoms with Crippen molar-refractivity contribution in [3.05, 3.63) is 17.5 Å². The second kappa shape index (κ2) is 7.44. The van der Waals surface area contributed by atoms with Crippen LogP contribution in [0.1, 0.15) is 20.3 Å². The van der Waals surface area contributed by atoms with Gasteiger partial charge in [0.05, 0.1) is 17.2 Å². The first-order chi connectivity index (χ1) is 9.76. The van der Waals surface area contributed by atoms with Gasteiger partial charge in [0.2, 0.25) is 0 Å². The Bertz CT molecular complexity index is 552. The number of aromatic nitrogens is 3. The molecule has 2 rings (SSSR count). The fourth-order valence-electron chi connectivity index (χ4n) is 1.73. The van der Waals surface area contributed by atoms with E-state index in [2.05, 4.69) is 21.7 Å². The number of thiophene rings is 1. The molecule has 0 spiro atoms. The summed E-state index contributed by atoms with van der Waals surface area (Å²) in [5.41, 5.74) is 0. The first-order valence-corrected chi connectivity index (χ1v) is 8.38. The third-order valence-corrected chi connectivity index (χ3v) is 4.34. The van der Waals surface area contributed by atoms with Crippen LogP contribution in [0.3, 0.4) is 0 Å². The Labute approximate surface area is 126 Å². The van der Waals surface area contributed by atoms with Crippen LogP contribution in [-0.4, -0.2) is 33.1 Å². The Balaban J connectivity index is 2.15. The quantitative estimate of drug-likeness (QED) is 0.581. The molecular weight excluding hydrogens is 294 g/mol. The van der Waals surface area contributed by atoms with E-state index in [1.807, 2.05) is 17.5 Å². The maximum Gasteiger partial charge on any atom is 0.316 e. The third kappa shape index (κ3) is 3.61. The molecule has 108 valence electrons. The monoisotopic (exact) mass is 311 g/mol. The van der Waals surface area contributed by atoms with Crippen LogP contribution < -0.4 is 0 Å². The molecular formula is C13H17N3O2S2. The van der Waals surface area contributed by atoms with Gasteiger partial charge in [-0.15, -0.1) is 21.5 Å². The number of carbonyl (C=O) groups is 1. The number of hydrogen-bond acceptors (Lipinski definition) is 6. The maximum atomic E-state index is 11.4. The SMILES string of the molecule is CCCn1c(SCC(=O)OCC)nnc1-c1cccs1. The van der Waals surface area contributed by atoms with Crippen LogP contribution in [-0.2, 0) is 16.1 Å². The molecule has 0 bridgehead atoms. The summed E-state index contributed by atoms with van der Waals surface area (Å²) in [5.74, 6) is 0.912. The standard InChI is InChI=1S/C13H17N3O2S2/c1-3-7-16-12(10-6-5-8-19-10)14-15-13(16)20-9-11(17)18-4-2/h5-6,8H,3-4,7,9H2,1-2H3. The molecule has 0 aliphatic carbocycles. The zero-order valence-electron chi connectivity index (χ0n) is 11.5. The van der Waals surface area contributed by atoms with Crippen molar-refractivity contribution in [1.82, 2.24) is 14.8 Å². The Morgan fingerprint density at radius 2 is 2.30 bits per heavy atom. The summed E-state index contributed by atoms with van der Waals surface area (Å²) in [6.07, 6.45) is 0.989. The smallest absolute Gasteiger partial charge is 0.316 e. The van der Waals surface area contributed by atoms with Gasteiger partial charge >= 0.3 is 5.97 Å². The Hall–Kier alpha value is -1.34. The maximum absolute atomic E-state index is 11.4. The van der Waals surface area contributed by atoms with Gasteiger partial charge in [-0.2, -0.15) is 0 Å². The summed E-state index contributed by atoms with van der Waals surface area (Å²) >= 11 is 3.01. The minimum absolute atomic E-state index is 0.221. The molecule has 0 amide bonds. The summed E-state index contributed by atoms with van der Waals surface area (Å²) in [7, 11) is 0. The fourth-order valence-corrected chi connectivity index (χ4v) is 3.21. The Kier molecular flexibility index (Phi) is 5.60. The van der Waals surface area contributed by atoms with E-state index in [0.29, 0.717) is 6.61 Å². The molecule has 0 unspecified atom stereocenters. The fraction of sp³-hybridized carbons (Fsp3) is 0.462. The lowest BCUT2D eigenvalue weighted by Gasteiger charge is -2.07. The first-order valence-electron chi connectivity index (χ1n) is 6.51. The van der Waals surface area contributed by atoms with E-state index in [9.17, 15) is 4.79 Å². The zero-order valence-corrected chi connectivity index (χ0v) is 13.2. The van der Waals surface area contributed by atoms with Gasteiger partial charge in [-0.25, -0.2) is 0 Å². The average Bonchev–Trinajstić information content (AvgIpc) is 3.06. The summed E-state index contributed by atoms with van der Waals surface area (Å²) in [6.45, 7) is 5.15. The molecule has 2 aromatic rings. The van der Waals surface area contributed by atoms with E-state index in [1.165, 1.54) is 11.8 Å². The normalized spacial score (nSPS) is 10.7. The third-order valence-electron chi connectivity index (χ3n) is 2.53. The molecule has 0 atom stereocenters. The van der Waals surface area contributed by atoms with Crippen LogP contribution in [0.5, 0.6) is 0 Å². The van der Waals surface area contributed by atoms with Gasteiger partial charge in [0.25, 0.3) is 0 Å². The van der Waals surface area contributed by atoms with E-state index < -0.39 is 0 Å². The van der Waals surface area contributed by atoms with Crippen molar-refractivity contribution in [1.29, 1.82) is 0 Å². The molecule has 7 heteroatoms. The molecule has 20 heavy (non-hydrogen) atoms. The molecule has 0 radical (unpaired) electrons. The summed E-state index contributed by atoms with van der Waals surface area (Å²) < 4.78 is 6.99. The van der Waals surface area contributed by atoms with E-state index in [-0.39, 0.29) is 11.7 Å². The summed E-state index contributed by atoms with van der Waals surface area (Å²) in [4.78, 5) is 12.5. The van der Waals surface area contributed by atoms with Crippen molar-refractivity contribution in [2.24, 2.45) is 0 Å². The zero-order chi connectivity index (χ0) is 14.4. The van der Waals surface area contributed by atoms with Gasteiger partial charge in [-0.1, -0.05) is 24.8 Å². The predicted molar refractivity (Wildman–Crippen MR) is 81.0 cm³/mol. The second-order valence-corrected chi connectivity index (χ2v) is 5.92. The predicted octanol–water partition coefficient (Wildman–Crippen LogP) is 3.07. The minimum Gasteiger partial charge on any atom is -0.465 e. The van der Waals surface area contributed by atoms with Crippen molar-refractivity contribution < 1.29 is 9.53 Å². The van der Waals surface area contributed by atoms with Gasteiger partial charge in [0.1, 0.15) is 0 Å². The van der Waals surface area contributed by atoms with E-state index >= 15 is 0 Å². The van der Waals surface area contributed by atoms with Crippen molar-refractivity contribution >= 4 is 29.1 Å². The lowest BCUT2D eigenvalue weighted by molar-refractivity contribution is -0.139. The highest BCUT2D eigenvalue weighted by Crippen LogP contribution is 2.27. The van der Waals surface area contributed by atoms with Crippen LogP contribution in [0.15, 0.2) is 22.7 Å². The van der Waals surface area contributed by atoms with Gasteiger partial charge in [0.15, 0.2) is 11.0 Å². The number of esters is 1. The van der Waals surface area contributed by atoms with Gasteiger partial charge in [-0.3, -0.25) is 4.79 Å². The van der Waals surface area contributed by atoms with Crippen LogP contribution in [0.25, 0.3) is 10.7 Å². The molecule has 2 heterocycles. The highest BCUT2D eigenvalue weighted by molar-refractivity contribution is 7.99. The van der Waals surface area contributed by atoms with Crippen LogP contribution in [0.4, 0.5) is 0 Å². The van der Waals surface area contributed by atoms with Crippen molar-refractivity contribution in [2.45, 2.75) is 32.0 Å². The molecule has 0 aliphatic heterocycles. The number of ether oxygens (including phenoxy) is 1. The number of rotatable bonds is 7. The van der Waals surface area contributed by atoms with E-state index in [0.717, 1.165) is 28.8 Å². The van der Waals surface area contributed by atoms with E-state index in [4.69, 9.17) is 4.74 Å². The van der Waals surface area contributed by atoms with Crippen molar-refractivity contribution in [3.63, 3.8) is 0 Å². The molecule has 0 fully saturated rings. The van der Waals surface area contributed by atoms with Crippen LogP contribution >= 0.6 is 23.1 Å². The highest BCUT2D eigenvalue weighted by atomic mass is 32.2. The van der Waals surface area contributed by atoms with Crippen molar-refractivity contribution in [2.75, 3.05) is 12.4 Å². The summed E-state index contributed by atoms with van der Waals surface area (Å²) in [5, 5.41) is 11.2. The molecule has 5 nitrogen and oxygen atoms in total. The highest BCUT2D eigenvalue weighted by Gasteiger charge is 2.15. The number of carbonyl (C=O) groups excluding carboxylic acids is 1. The van der Waals surface area contributed by atoms with Gasteiger partial charge < -0.3 is 9.30 Å². The summed E-state index contributed by atoms with van der Waals surface area (Å²) in [6, 6.07) is 4.02. The largest absolute Gasteiger partial charge is 0.465 e. The molecule has 2 aromatic heterocycles. The first kappa shape index (κ1) is 15.1. The molecule has 0 saturated carbocycles. The molecule has 0 aliphatic rings. The van der Waals surface area contributed by atoms with Crippen LogP contribution in [0.2, 0.25) is 0 Å². The number of nitrogens with zero attached hydrogens (tertiary/aromatic N) is 3. The lowest BCUT2D eigenvalue weighted by atomic mass is 10.4. The minimum atomic E-state index is -0.221. The Morgan fingerprint density at radius 1 is 1.45 bits per heavy atom. The second-order valence-electron chi connectivity index (χ2n) is 4.03. The number of thioether (sulfide) groups is 1. The van der Waals surface area contributed by atoms with Gasteiger partial charge in [0, 0.05) is 6.54 Å². The molecule has 0 saturated heterocycles. The molecule has 0 N–H and O–H groups in total. The number of hydrogen-bond donors (Lipinski definition) is 0. The Morgan fingerprint density at radius 3 is 2.95 bits per heavy atom.